The summed E-state index contributed by atoms with van der Waals surface area (Å²) in [6.07, 6.45) is 12.0. The Balaban J connectivity index is 2.09. The van der Waals surface area contributed by atoms with Crippen LogP contribution in [0.15, 0.2) is 28.4 Å². The first-order valence-corrected chi connectivity index (χ1v) is 8.38. The molecule has 1 heterocycles. The van der Waals surface area contributed by atoms with Gasteiger partial charge in [-0.15, -0.1) is 0 Å². The number of carbonyl (C=O) groups excluding carboxylic acids is 1. The molecule has 0 radical (unpaired) electrons. The minimum atomic E-state index is -0.243. The van der Waals surface area contributed by atoms with E-state index in [2.05, 4.69) is 39.8 Å². The minimum Gasteiger partial charge on any atom is -0.464 e. The molecule has 0 saturated heterocycles. The van der Waals surface area contributed by atoms with Crippen molar-refractivity contribution in [1.82, 2.24) is 0 Å². The third-order valence-corrected chi connectivity index (χ3v) is 5.77. The zero-order chi connectivity index (χ0) is 15.9. The van der Waals surface area contributed by atoms with E-state index >= 15 is 0 Å². The summed E-state index contributed by atoms with van der Waals surface area (Å²) in [6, 6.07) is 0. The molecule has 3 rings (SSSR count). The van der Waals surface area contributed by atoms with Crippen molar-refractivity contribution in [3.63, 3.8) is 0 Å². The van der Waals surface area contributed by atoms with Gasteiger partial charge < -0.3 is 4.42 Å². The summed E-state index contributed by atoms with van der Waals surface area (Å²) in [5, 5.41) is 0. The van der Waals surface area contributed by atoms with E-state index in [9.17, 15) is 4.79 Å². The zero-order valence-corrected chi connectivity index (χ0v) is 14.1. The summed E-state index contributed by atoms with van der Waals surface area (Å²) in [7, 11) is 0. The molecule has 2 nitrogen and oxygen atoms in total. The Morgan fingerprint density at radius 1 is 1.32 bits per heavy atom. The van der Waals surface area contributed by atoms with Gasteiger partial charge in [0.05, 0.1) is 6.26 Å². The van der Waals surface area contributed by atoms with E-state index < -0.39 is 0 Å². The lowest BCUT2D eigenvalue weighted by atomic mass is 9.61. The lowest BCUT2D eigenvalue weighted by molar-refractivity contribution is -0.128. The van der Waals surface area contributed by atoms with Gasteiger partial charge in [0, 0.05) is 11.0 Å². The van der Waals surface area contributed by atoms with Crippen LogP contribution in [0, 0.1) is 24.2 Å². The lowest BCUT2D eigenvalue weighted by Crippen LogP contribution is -2.42. The number of allylic oxidation sites excluding steroid dienone is 3. The van der Waals surface area contributed by atoms with Gasteiger partial charge in [0.15, 0.2) is 5.78 Å². The Bertz CT molecular complexity index is 647. The molecule has 0 spiro atoms. The molecule has 0 amide bonds. The molecule has 2 heteroatoms. The first-order valence-electron chi connectivity index (χ1n) is 8.38. The fraction of sp³-hybridized carbons (Fsp3) is 0.550. The molecular weight excluding hydrogens is 272 g/mol. The number of fused-ring (bicyclic) bond motifs is 2. The van der Waals surface area contributed by atoms with E-state index in [-0.39, 0.29) is 5.41 Å². The van der Waals surface area contributed by atoms with Crippen LogP contribution in [0.1, 0.15) is 56.9 Å². The normalized spacial score (nSPS) is 34.5. The molecule has 0 unspecified atom stereocenters. The summed E-state index contributed by atoms with van der Waals surface area (Å²) in [6.45, 7) is 8.69. The Kier molecular flexibility index (Phi) is 3.88. The van der Waals surface area contributed by atoms with Crippen molar-refractivity contribution in [2.24, 2.45) is 17.3 Å². The number of carbonyl (C=O) groups is 1. The molecule has 22 heavy (non-hydrogen) atoms. The average molecular weight is 298 g/mol. The maximum Gasteiger partial charge on any atom is 0.161 e. The largest absolute Gasteiger partial charge is 0.464 e. The number of ketones is 1. The van der Waals surface area contributed by atoms with Crippen LogP contribution in [-0.4, -0.2) is 5.78 Å². The second-order valence-electron chi connectivity index (χ2n) is 7.42. The number of furan rings is 1. The van der Waals surface area contributed by atoms with Crippen molar-refractivity contribution in [3.05, 3.63) is 40.9 Å². The van der Waals surface area contributed by atoms with Gasteiger partial charge in [-0.3, -0.25) is 4.79 Å². The fourth-order valence-electron chi connectivity index (χ4n) is 4.17. The highest BCUT2D eigenvalue weighted by atomic mass is 16.3. The Morgan fingerprint density at radius 2 is 2.09 bits per heavy atom. The summed E-state index contributed by atoms with van der Waals surface area (Å²) in [5.41, 5.74) is 3.58. The molecule has 0 saturated carbocycles. The van der Waals surface area contributed by atoms with Crippen molar-refractivity contribution >= 4 is 11.9 Å². The Morgan fingerprint density at radius 3 is 2.86 bits per heavy atom. The standard InChI is InChI=1S/C20H26O2/c1-13-6-5-9-20(4)17(14(2)7-8-19(20)21)11-16-15(3)12-22-18(16)10-13/h7-8,10,12,14,17H,5-6,9,11H2,1-4H3/b13-10-/t14-,17+,20-/m1/s1. The van der Waals surface area contributed by atoms with E-state index in [1.54, 1.807) is 0 Å². The second-order valence-corrected chi connectivity index (χ2v) is 7.42. The van der Waals surface area contributed by atoms with Gasteiger partial charge >= 0.3 is 0 Å². The van der Waals surface area contributed by atoms with Gasteiger partial charge in [0.2, 0.25) is 0 Å². The topological polar surface area (TPSA) is 30.2 Å². The SMILES string of the molecule is C/C1=C/c2occ(C)c2C[C@H]2[C@H](C)C=CC(=O)[C@]2(C)CCC1. The molecule has 0 bridgehead atoms. The average Bonchev–Trinajstić information content (AvgIpc) is 2.80. The molecule has 118 valence electrons. The summed E-state index contributed by atoms with van der Waals surface area (Å²) >= 11 is 0. The predicted octanol–water partition coefficient (Wildman–Crippen LogP) is 5.12. The van der Waals surface area contributed by atoms with Crippen molar-refractivity contribution in [2.45, 2.75) is 53.4 Å². The summed E-state index contributed by atoms with van der Waals surface area (Å²) in [4.78, 5) is 12.7. The molecule has 1 aromatic rings. The van der Waals surface area contributed by atoms with Crippen molar-refractivity contribution in [1.29, 1.82) is 0 Å². The highest BCUT2D eigenvalue weighted by Crippen LogP contribution is 2.46. The predicted molar refractivity (Wildman–Crippen MR) is 89.6 cm³/mol. The minimum absolute atomic E-state index is 0.243. The van der Waals surface area contributed by atoms with Crippen LogP contribution >= 0.6 is 0 Å². The van der Waals surface area contributed by atoms with Crippen molar-refractivity contribution < 1.29 is 9.21 Å². The first kappa shape index (κ1) is 15.3. The summed E-state index contributed by atoms with van der Waals surface area (Å²) < 4.78 is 5.78. The molecule has 3 atom stereocenters. The molecule has 0 N–H and O–H groups in total. The third kappa shape index (κ3) is 2.49. The number of aryl methyl sites for hydroxylation is 1. The number of hydrogen-bond acceptors (Lipinski definition) is 2. The third-order valence-electron chi connectivity index (χ3n) is 5.77. The molecule has 0 fully saturated rings. The van der Waals surface area contributed by atoms with Crippen molar-refractivity contribution in [3.8, 4) is 0 Å². The molecule has 0 aliphatic heterocycles. The zero-order valence-electron chi connectivity index (χ0n) is 14.1. The van der Waals surface area contributed by atoms with Crippen LogP contribution in [0.2, 0.25) is 0 Å². The van der Waals surface area contributed by atoms with Gasteiger partial charge in [-0.25, -0.2) is 0 Å². The quantitative estimate of drug-likeness (QED) is 0.666. The molecular formula is C20H26O2. The van der Waals surface area contributed by atoms with E-state index in [0.29, 0.717) is 17.6 Å². The van der Waals surface area contributed by atoms with Crippen LogP contribution in [0.3, 0.4) is 0 Å². The van der Waals surface area contributed by atoms with Crippen LogP contribution < -0.4 is 0 Å². The van der Waals surface area contributed by atoms with E-state index in [0.717, 1.165) is 31.4 Å². The lowest BCUT2D eigenvalue weighted by Gasteiger charge is -2.42. The smallest absolute Gasteiger partial charge is 0.161 e. The molecule has 1 aromatic heterocycles. The number of hydrogen-bond donors (Lipinski definition) is 0. The second kappa shape index (κ2) is 5.57. The maximum absolute atomic E-state index is 12.7. The van der Waals surface area contributed by atoms with Crippen LogP contribution in [-0.2, 0) is 11.2 Å². The molecule has 2 aliphatic rings. The van der Waals surface area contributed by atoms with Gasteiger partial charge in [-0.2, -0.15) is 0 Å². The highest BCUT2D eigenvalue weighted by Gasteiger charge is 2.44. The maximum atomic E-state index is 12.7. The van der Waals surface area contributed by atoms with E-state index in [4.69, 9.17) is 4.42 Å². The van der Waals surface area contributed by atoms with E-state index in [1.807, 2.05) is 12.3 Å². The summed E-state index contributed by atoms with van der Waals surface area (Å²) in [5.74, 6) is 2.08. The Labute approximate surface area is 133 Å². The van der Waals surface area contributed by atoms with Gasteiger partial charge in [-0.1, -0.05) is 25.5 Å². The van der Waals surface area contributed by atoms with Gasteiger partial charge in [-0.05, 0) is 69.1 Å². The van der Waals surface area contributed by atoms with Crippen molar-refractivity contribution in [2.75, 3.05) is 0 Å². The number of rotatable bonds is 0. The van der Waals surface area contributed by atoms with Gasteiger partial charge in [0.1, 0.15) is 5.76 Å². The fourth-order valence-corrected chi connectivity index (χ4v) is 4.17. The van der Waals surface area contributed by atoms with Crippen LogP contribution in [0.5, 0.6) is 0 Å². The van der Waals surface area contributed by atoms with Gasteiger partial charge in [0.25, 0.3) is 0 Å². The Hall–Kier alpha value is -1.57. The van der Waals surface area contributed by atoms with Crippen LogP contribution in [0.4, 0.5) is 0 Å². The van der Waals surface area contributed by atoms with Crippen LogP contribution in [0.25, 0.3) is 6.08 Å². The van der Waals surface area contributed by atoms with E-state index in [1.165, 1.54) is 16.7 Å². The monoisotopic (exact) mass is 298 g/mol. The highest BCUT2D eigenvalue weighted by molar-refractivity contribution is 5.95. The first-order chi connectivity index (χ1) is 10.4. The molecule has 0 aromatic carbocycles. The molecule has 2 aliphatic carbocycles.